The Hall–Kier alpha value is -1.54. The van der Waals surface area contributed by atoms with Crippen molar-refractivity contribution in [1.82, 2.24) is 0 Å². The van der Waals surface area contributed by atoms with Crippen molar-refractivity contribution in [3.8, 4) is 5.75 Å². The zero-order valence-electron chi connectivity index (χ0n) is 9.85. The van der Waals surface area contributed by atoms with Gasteiger partial charge in [-0.05, 0) is 36.6 Å². The van der Waals surface area contributed by atoms with Crippen molar-refractivity contribution in [2.45, 2.75) is 31.3 Å². The molecule has 2 nitrogen and oxygen atoms in total. The Kier molecular flexibility index (Phi) is 2.17. The lowest BCUT2D eigenvalue weighted by Gasteiger charge is -2.22. The van der Waals surface area contributed by atoms with Gasteiger partial charge in [-0.1, -0.05) is 30.3 Å². The lowest BCUT2D eigenvalue weighted by atomic mass is 9.86. The van der Waals surface area contributed by atoms with Gasteiger partial charge in [-0.2, -0.15) is 0 Å². The van der Waals surface area contributed by atoms with Crippen LogP contribution in [0.15, 0.2) is 36.4 Å². The van der Waals surface area contributed by atoms with E-state index in [0.717, 1.165) is 29.2 Å². The van der Waals surface area contributed by atoms with E-state index in [1.165, 1.54) is 0 Å². The topological polar surface area (TPSA) is 40.5 Å². The van der Waals surface area contributed by atoms with E-state index in [-0.39, 0.29) is 5.41 Å². The van der Waals surface area contributed by atoms with E-state index >= 15 is 0 Å². The van der Waals surface area contributed by atoms with Crippen LogP contribution in [-0.2, 0) is 5.41 Å². The third-order valence-electron chi connectivity index (χ3n) is 3.99. The average Bonchev–Trinajstić information content (AvgIpc) is 3.10. The number of aromatic hydroxyl groups is 1. The minimum absolute atomic E-state index is 0.231. The van der Waals surface area contributed by atoms with Gasteiger partial charge in [0.05, 0.1) is 6.10 Å². The first-order valence-electron chi connectivity index (χ1n) is 6.04. The summed E-state index contributed by atoms with van der Waals surface area (Å²) in [6.45, 7) is 1.81. The maximum absolute atomic E-state index is 10.1. The Morgan fingerprint density at radius 2 is 1.82 bits per heavy atom. The van der Waals surface area contributed by atoms with E-state index < -0.39 is 6.10 Å². The molecule has 0 aromatic heterocycles. The molecule has 1 unspecified atom stereocenters. The van der Waals surface area contributed by atoms with E-state index in [9.17, 15) is 10.2 Å². The largest absolute Gasteiger partial charge is 0.508 e. The van der Waals surface area contributed by atoms with Gasteiger partial charge >= 0.3 is 0 Å². The van der Waals surface area contributed by atoms with Gasteiger partial charge in [0.1, 0.15) is 5.75 Å². The first kappa shape index (κ1) is 10.6. The predicted molar refractivity (Wildman–Crippen MR) is 68.2 cm³/mol. The Morgan fingerprint density at radius 3 is 2.47 bits per heavy atom. The second kappa shape index (κ2) is 3.47. The minimum Gasteiger partial charge on any atom is -0.508 e. The van der Waals surface area contributed by atoms with Gasteiger partial charge in [0.2, 0.25) is 0 Å². The minimum atomic E-state index is -0.417. The monoisotopic (exact) mass is 228 g/mol. The van der Waals surface area contributed by atoms with Crippen LogP contribution >= 0.6 is 0 Å². The summed E-state index contributed by atoms with van der Waals surface area (Å²) in [7, 11) is 0. The normalized spacial score (nSPS) is 19.2. The summed E-state index contributed by atoms with van der Waals surface area (Å²) in [5, 5.41) is 22.3. The van der Waals surface area contributed by atoms with Gasteiger partial charge in [-0.3, -0.25) is 0 Å². The number of phenols is 1. The lowest BCUT2D eigenvalue weighted by Crippen LogP contribution is -2.22. The number of aliphatic hydroxyl groups excluding tert-OH is 1. The molecule has 17 heavy (non-hydrogen) atoms. The smallest absolute Gasteiger partial charge is 0.120 e. The molecule has 0 bridgehead atoms. The molecule has 0 saturated heterocycles. The van der Waals surface area contributed by atoms with Gasteiger partial charge in [0, 0.05) is 11.0 Å². The molecule has 88 valence electrons. The van der Waals surface area contributed by atoms with E-state index in [1.807, 2.05) is 37.3 Å². The number of fused-ring (bicyclic) bond motifs is 1. The van der Waals surface area contributed by atoms with Crippen molar-refractivity contribution in [2.75, 3.05) is 0 Å². The highest BCUT2D eigenvalue weighted by Gasteiger charge is 2.50. The molecule has 0 radical (unpaired) electrons. The summed E-state index contributed by atoms with van der Waals surface area (Å²) in [4.78, 5) is 0. The van der Waals surface area contributed by atoms with Crippen LogP contribution in [0.1, 0.15) is 25.3 Å². The van der Waals surface area contributed by atoms with Crippen LogP contribution in [0.2, 0.25) is 0 Å². The van der Waals surface area contributed by atoms with Crippen molar-refractivity contribution in [3.63, 3.8) is 0 Å². The second-order valence-electron chi connectivity index (χ2n) is 5.01. The molecule has 3 rings (SSSR count). The van der Waals surface area contributed by atoms with Gasteiger partial charge < -0.3 is 10.2 Å². The molecular weight excluding hydrogens is 212 g/mol. The van der Waals surface area contributed by atoms with Crippen molar-refractivity contribution < 1.29 is 10.2 Å². The highest BCUT2D eigenvalue weighted by atomic mass is 16.3. The maximum Gasteiger partial charge on any atom is 0.120 e. The maximum atomic E-state index is 10.1. The molecule has 2 N–H and O–H groups in total. The fraction of sp³-hybridized carbons (Fsp3) is 0.333. The Morgan fingerprint density at radius 1 is 1.12 bits per heavy atom. The molecule has 1 fully saturated rings. The zero-order valence-corrected chi connectivity index (χ0v) is 9.85. The van der Waals surface area contributed by atoms with E-state index in [0.29, 0.717) is 5.75 Å². The van der Waals surface area contributed by atoms with Crippen LogP contribution < -0.4 is 0 Å². The molecule has 1 atom stereocenters. The van der Waals surface area contributed by atoms with Crippen LogP contribution in [-0.4, -0.2) is 16.3 Å². The molecule has 0 aliphatic heterocycles. The number of aliphatic hydroxyl groups is 1. The molecule has 2 heteroatoms. The number of rotatable bonds is 2. The van der Waals surface area contributed by atoms with Crippen LogP contribution in [0.4, 0.5) is 0 Å². The van der Waals surface area contributed by atoms with E-state index in [1.54, 1.807) is 6.07 Å². The fourth-order valence-electron chi connectivity index (χ4n) is 2.79. The Balaban J connectivity index is 2.32. The average molecular weight is 228 g/mol. The molecule has 1 aliphatic rings. The van der Waals surface area contributed by atoms with Crippen molar-refractivity contribution in [1.29, 1.82) is 0 Å². The summed E-state index contributed by atoms with van der Waals surface area (Å²) >= 11 is 0. The summed E-state index contributed by atoms with van der Waals surface area (Å²) < 4.78 is 0. The molecule has 1 aliphatic carbocycles. The van der Waals surface area contributed by atoms with Gasteiger partial charge in [-0.15, -0.1) is 0 Å². The van der Waals surface area contributed by atoms with Gasteiger partial charge in [0.25, 0.3) is 0 Å². The van der Waals surface area contributed by atoms with Crippen LogP contribution in [0, 0.1) is 0 Å². The highest BCUT2D eigenvalue weighted by molar-refractivity contribution is 5.89. The van der Waals surface area contributed by atoms with Crippen LogP contribution in [0.5, 0.6) is 5.75 Å². The van der Waals surface area contributed by atoms with E-state index in [2.05, 4.69) is 0 Å². The predicted octanol–water partition coefficient (Wildman–Crippen LogP) is 2.96. The van der Waals surface area contributed by atoms with Gasteiger partial charge in [0.15, 0.2) is 0 Å². The number of benzene rings is 2. The molecule has 1 saturated carbocycles. The molecule has 0 amide bonds. The fourth-order valence-corrected chi connectivity index (χ4v) is 2.79. The Bertz CT molecular complexity index is 568. The van der Waals surface area contributed by atoms with Crippen molar-refractivity contribution in [2.24, 2.45) is 0 Å². The highest BCUT2D eigenvalue weighted by Crippen LogP contribution is 2.55. The van der Waals surface area contributed by atoms with E-state index in [4.69, 9.17) is 0 Å². The number of hydrogen-bond donors (Lipinski definition) is 2. The lowest BCUT2D eigenvalue weighted by molar-refractivity contribution is 0.150. The summed E-state index contributed by atoms with van der Waals surface area (Å²) in [6.07, 6.45) is 1.48. The zero-order chi connectivity index (χ0) is 12.0. The number of hydrogen-bond acceptors (Lipinski definition) is 2. The Labute approximate surface area is 101 Å². The summed E-state index contributed by atoms with van der Waals surface area (Å²) in [6, 6.07) is 11.7. The second-order valence-corrected chi connectivity index (χ2v) is 5.01. The molecule has 2 aromatic rings. The molecule has 0 heterocycles. The number of phenolic OH excluding ortho intramolecular Hbond substituents is 1. The quantitative estimate of drug-likeness (QED) is 0.829. The molecule has 0 spiro atoms. The summed E-state index contributed by atoms with van der Waals surface area (Å²) in [5.74, 6) is 0.308. The van der Waals surface area contributed by atoms with Crippen molar-refractivity contribution in [3.05, 3.63) is 42.0 Å². The first-order valence-corrected chi connectivity index (χ1v) is 6.04. The van der Waals surface area contributed by atoms with Crippen molar-refractivity contribution >= 4 is 10.8 Å². The standard InChI is InChI=1S/C15H16O2/c1-10(16)15(8-9-15)14-12-5-3-2-4-11(12)6-7-13(14)17/h2-7,10,16-17H,8-9H2,1H3. The van der Waals surface area contributed by atoms with Crippen LogP contribution in [0.25, 0.3) is 10.8 Å². The molecular formula is C15H16O2. The molecule has 2 aromatic carbocycles. The third kappa shape index (κ3) is 1.44. The summed E-state index contributed by atoms with van der Waals surface area (Å²) in [5.41, 5.74) is 0.691. The van der Waals surface area contributed by atoms with Gasteiger partial charge in [-0.25, -0.2) is 0 Å². The SMILES string of the molecule is CC(O)C1(c2c(O)ccc3ccccc23)CC1. The first-order chi connectivity index (χ1) is 8.15. The van der Waals surface area contributed by atoms with Crippen LogP contribution in [0.3, 0.4) is 0 Å². The third-order valence-corrected chi connectivity index (χ3v) is 3.99.